The Balaban J connectivity index is 0.000000271. The number of carbonyl (C=O) groups excluding carboxylic acids is 1. The number of aromatic nitrogens is 6. The smallest absolute Gasteiger partial charge is 0.207 e. The number of carbonyl (C=O) groups is 1. The van der Waals surface area contributed by atoms with Crippen molar-refractivity contribution in [2.75, 3.05) is 19.0 Å². The third-order valence-corrected chi connectivity index (χ3v) is 5.65. The normalized spacial score (nSPS) is 10.6. The lowest BCUT2D eigenvalue weighted by atomic mass is 10.2. The monoisotopic (exact) mass is 490 g/mol. The number of methoxy groups -OCH3 is 1. The molecule has 0 aliphatic carbocycles. The molecule has 0 fully saturated rings. The molecule has 0 radical (unpaired) electrons. The van der Waals surface area contributed by atoms with E-state index in [1.165, 1.54) is 17.1 Å². The van der Waals surface area contributed by atoms with E-state index in [2.05, 4.69) is 30.1 Å². The Hall–Kier alpha value is -4.09. The molecule has 10 nitrogen and oxygen atoms in total. The van der Waals surface area contributed by atoms with Crippen LogP contribution < -0.4 is 10.6 Å². The van der Waals surface area contributed by atoms with Crippen molar-refractivity contribution in [1.82, 2.24) is 33.8 Å². The molecule has 1 amide bonds. The number of nitrogens with one attached hydrogen (secondary N) is 2. The lowest BCUT2D eigenvalue weighted by Crippen LogP contribution is -2.15. The van der Waals surface area contributed by atoms with Crippen LogP contribution in [0.2, 0.25) is 0 Å². The molecule has 0 aliphatic heterocycles. The standard InChI is InChI=1S/C16H16N8OS.C8H10O/c1-23-8-11(6-19-23)13-7-18-16-15(22-14-3-5-20-26-14)21-12(9-24(13)16)2-4-17-10-25;1-9-7-8-5-3-2-4-6-8/h3,5-10H,2,4H2,1H3,(H,17,25)(H,21,22);2-6H,7H2,1H3. The second kappa shape index (κ2) is 11.9. The van der Waals surface area contributed by atoms with Crippen LogP contribution in [0.3, 0.4) is 0 Å². The van der Waals surface area contributed by atoms with Gasteiger partial charge in [-0.3, -0.25) is 13.9 Å². The number of hydrogen-bond acceptors (Lipinski definition) is 8. The average molecular weight is 491 g/mol. The van der Waals surface area contributed by atoms with E-state index in [1.807, 2.05) is 60.2 Å². The Labute approximate surface area is 206 Å². The third-order valence-electron chi connectivity index (χ3n) is 4.98. The average Bonchev–Trinajstić information content (AvgIpc) is 3.62. The lowest BCUT2D eigenvalue weighted by molar-refractivity contribution is -0.109. The quantitative estimate of drug-likeness (QED) is 0.240. The summed E-state index contributed by atoms with van der Waals surface area (Å²) in [4.78, 5) is 19.7. The topological polar surface area (TPSA) is 111 Å². The molecular weight excluding hydrogens is 464 g/mol. The van der Waals surface area contributed by atoms with Crippen LogP contribution in [0.1, 0.15) is 11.3 Å². The van der Waals surface area contributed by atoms with Crippen LogP contribution in [0.25, 0.3) is 16.9 Å². The van der Waals surface area contributed by atoms with Gasteiger partial charge in [-0.15, -0.1) is 0 Å². The maximum Gasteiger partial charge on any atom is 0.207 e. The van der Waals surface area contributed by atoms with Gasteiger partial charge in [-0.25, -0.2) is 9.97 Å². The molecule has 11 heteroatoms. The molecule has 180 valence electrons. The predicted molar refractivity (Wildman–Crippen MR) is 136 cm³/mol. The number of nitrogens with zero attached hydrogens (tertiary/aromatic N) is 6. The van der Waals surface area contributed by atoms with Crippen LogP contribution >= 0.6 is 11.5 Å². The lowest BCUT2D eigenvalue weighted by Gasteiger charge is -2.09. The fourth-order valence-electron chi connectivity index (χ4n) is 3.41. The number of hydrogen-bond donors (Lipinski definition) is 2. The van der Waals surface area contributed by atoms with Gasteiger partial charge in [0.25, 0.3) is 0 Å². The predicted octanol–water partition coefficient (Wildman–Crippen LogP) is 3.45. The third kappa shape index (κ3) is 6.28. The molecule has 0 unspecified atom stereocenters. The van der Waals surface area contributed by atoms with E-state index >= 15 is 0 Å². The zero-order valence-corrected chi connectivity index (χ0v) is 20.3. The highest BCUT2D eigenvalue weighted by Crippen LogP contribution is 2.26. The summed E-state index contributed by atoms with van der Waals surface area (Å²) in [6.07, 6.45) is 10.5. The van der Waals surface area contributed by atoms with Crippen LogP contribution in [0.15, 0.2) is 67.4 Å². The molecule has 5 rings (SSSR count). The van der Waals surface area contributed by atoms with Crippen LogP contribution in [-0.4, -0.2) is 48.6 Å². The van der Waals surface area contributed by atoms with E-state index in [4.69, 9.17) is 4.74 Å². The molecule has 0 bridgehead atoms. The van der Waals surface area contributed by atoms with Gasteiger partial charge >= 0.3 is 0 Å². The first kappa shape index (κ1) is 24.0. The maximum atomic E-state index is 10.5. The molecule has 0 saturated carbocycles. The Bertz CT molecular complexity index is 1350. The highest BCUT2D eigenvalue weighted by atomic mass is 32.1. The number of aryl methyl sites for hydroxylation is 1. The van der Waals surface area contributed by atoms with Gasteiger partial charge in [-0.1, -0.05) is 30.3 Å². The van der Waals surface area contributed by atoms with Crippen molar-refractivity contribution in [1.29, 1.82) is 0 Å². The molecule has 35 heavy (non-hydrogen) atoms. The minimum absolute atomic E-state index is 0.513. The molecule has 4 heterocycles. The number of amides is 1. The zero-order valence-electron chi connectivity index (χ0n) is 19.5. The first-order chi connectivity index (χ1) is 17.2. The van der Waals surface area contributed by atoms with Gasteiger partial charge in [0.2, 0.25) is 6.41 Å². The number of rotatable bonds is 9. The van der Waals surface area contributed by atoms with Crippen molar-refractivity contribution in [3.63, 3.8) is 0 Å². The summed E-state index contributed by atoms with van der Waals surface area (Å²) in [5.74, 6) is 0.646. The Kier molecular flexibility index (Phi) is 8.15. The van der Waals surface area contributed by atoms with E-state index in [0.717, 1.165) is 22.0 Å². The number of anilines is 2. The Morgan fingerprint density at radius 3 is 2.69 bits per heavy atom. The number of imidazole rings is 1. The SMILES string of the molecule is COCc1ccccc1.Cn1cc(-c2cnc3c(Nc4ccns4)nc(CCNC=O)cn23)cn1. The fourth-order valence-corrected chi connectivity index (χ4v) is 3.91. The summed E-state index contributed by atoms with van der Waals surface area (Å²) in [6.45, 7) is 1.22. The maximum absolute atomic E-state index is 10.5. The second-order valence-corrected chi connectivity index (χ2v) is 8.40. The van der Waals surface area contributed by atoms with Crippen molar-refractivity contribution < 1.29 is 9.53 Å². The van der Waals surface area contributed by atoms with Gasteiger partial charge in [0.15, 0.2) is 11.5 Å². The summed E-state index contributed by atoms with van der Waals surface area (Å²) in [5.41, 5.74) is 4.66. The molecule has 5 aromatic rings. The molecule has 4 aromatic heterocycles. The second-order valence-electron chi connectivity index (χ2n) is 7.56. The largest absolute Gasteiger partial charge is 0.380 e. The molecular formula is C24H26N8O2S. The first-order valence-electron chi connectivity index (χ1n) is 10.9. The zero-order chi connectivity index (χ0) is 24.5. The Morgan fingerprint density at radius 2 is 2.00 bits per heavy atom. The van der Waals surface area contributed by atoms with Crippen molar-refractivity contribution >= 4 is 34.4 Å². The molecule has 0 saturated heterocycles. The first-order valence-corrected chi connectivity index (χ1v) is 11.7. The molecule has 0 atom stereocenters. The molecule has 2 N–H and O–H groups in total. The van der Waals surface area contributed by atoms with E-state index in [1.54, 1.807) is 30.4 Å². The van der Waals surface area contributed by atoms with Crippen LogP contribution in [-0.2, 0) is 29.6 Å². The van der Waals surface area contributed by atoms with E-state index in [9.17, 15) is 4.79 Å². The van der Waals surface area contributed by atoms with Gasteiger partial charge < -0.3 is 15.4 Å². The number of fused-ring (bicyclic) bond motifs is 1. The highest BCUT2D eigenvalue weighted by molar-refractivity contribution is 7.10. The molecule has 0 aliphatic rings. The summed E-state index contributed by atoms with van der Waals surface area (Å²) >= 11 is 1.35. The summed E-state index contributed by atoms with van der Waals surface area (Å²) in [6, 6.07) is 12.0. The highest BCUT2D eigenvalue weighted by Gasteiger charge is 2.14. The van der Waals surface area contributed by atoms with Crippen molar-refractivity contribution in [2.45, 2.75) is 13.0 Å². The van der Waals surface area contributed by atoms with Gasteiger partial charge in [-0.05, 0) is 23.2 Å². The number of ether oxygens (including phenoxy) is 1. The fraction of sp³-hybridized carbons (Fsp3) is 0.208. The summed E-state index contributed by atoms with van der Waals surface area (Å²) < 4.78 is 12.8. The minimum atomic E-state index is 0.513. The van der Waals surface area contributed by atoms with E-state index < -0.39 is 0 Å². The van der Waals surface area contributed by atoms with Crippen molar-refractivity contribution in [3.8, 4) is 11.3 Å². The van der Waals surface area contributed by atoms with Crippen LogP contribution in [0, 0.1) is 0 Å². The minimum Gasteiger partial charge on any atom is -0.380 e. The van der Waals surface area contributed by atoms with Crippen molar-refractivity contribution in [3.05, 3.63) is 78.6 Å². The molecule has 1 aromatic carbocycles. The van der Waals surface area contributed by atoms with Gasteiger partial charge in [0, 0.05) is 51.3 Å². The summed E-state index contributed by atoms with van der Waals surface area (Å²) in [7, 11) is 3.58. The van der Waals surface area contributed by atoms with Gasteiger partial charge in [0.05, 0.1) is 30.4 Å². The van der Waals surface area contributed by atoms with Crippen LogP contribution in [0.5, 0.6) is 0 Å². The van der Waals surface area contributed by atoms with Gasteiger partial charge in [0.1, 0.15) is 5.00 Å². The van der Waals surface area contributed by atoms with E-state index in [0.29, 0.717) is 37.4 Å². The van der Waals surface area contributed by atoms with Crippen LogP contribution in [0.4, 0.5) is 10.8 Å². The molecule has 0 spiro atoms. The number of benzene rings is 1. The van der Waals surface area contributed by atoms with E-state index in [-0.39, 0.29) is 0 Å². The van der Waals surface area contributed by atoms with Crippen molar-refractivity contribution in [2.24, 2.45) is 7.05 Å². The Morgan fingerprint density at radius 1 is 1.14 bits per heavy atom. The summed E-state index contributed by atoms with van der Waals surface area (Å²) in [5, 5.41) is 11.1. The van der Waals surface area contributed by atoms with Gasteiger partial charge in [-0.2, -0.15) is 9.47 Å².